The van der Waals surface area contributed by atoms with E-state index in [1.54, 1.807) is 23.9 Å². The van der Waals surface area contributed by atoms with Crippen LogP contribution in [0, 0.1) is 6.92 Å². The van der Waals surface area contributed by atoms with Crippen molar-refractivity contribution in [3.63, 3.8) is 0 Å². The second-order valence-corrected chi connectivity index (χ2v) is 4.20. The summed E-state index contributed by atoms with van der Waals surface area (Å²) in [6.45, 7) is 4.10. The van der Waals surface area contributed by atoms with Crippen molar-refractivity contribution in [1.29, 1.82) is 0 Å². The molecule has 0 fully saturated rings. The van der Waals surface area contributed by atoms with Crippen molar-refractivity contribution in [3.8, 4) is 0 Å². The van der Waals surface area contributed by atoms with Crippen LogP contribution in [-0.4, -0.2) is 30.6 Å². The molecule has 1 heterocycles. The van der Waals surface area contributed by atoms with Gasteiger partial charge in [0.2, 0.25) is 5.91 Å². The monoisotopic (exact) mass is 232 g/mol. The van der Waals surface area contributed by atoms with Gasteiger partial charge in [0.15, 0.2) is 0 Å². The second-order valence-electron chi connectivity index (χ2n) is 4.20. The molecular formula is C12H16N4O. The van der Waals surface area contributed by atoms with E-state index in [1.807, 2.05) is 31.2 Å². The van der Waals surface area contributed by atoms with Crippen LogP contribution < -0.4 is 5.01 Å². The molecule has 0 bridgehead atoms. The lowest BCUT2D eigenvalue weighted by molar-refractivity contribution is -0.129. The van der Waals surface area contributed by atoms with Crippen LogP contribution in [0.2, 0.25) is 0 Å². The first-order valence-electron chi connectivity index (χ1n) is 5.56. The predicted octanol–water partition coefficient (Wildman–Crippen LogP) is 1.99. The van der Waals surface area contributed by atoms with Gasteiger partial charge < -0.3 is 4.90 Å². The number of aryl methyl sites for hydroxylation is 1. The van der Waals surface area contributed by atoms with E-state index in [9.17, 15) is 4.79 Å². The van der Waals surface area contributed by atoms with Crippen molar-refractivity contribution in [2.45, 2.75) is 20.0 Å². The summed E-state index contributed by atoms with van der Waals surface area (Å²) in [5.74, 6) is 0.0133. The van der Waals surface area contributed by atoms with Crippen molar-refractivity contribution in [2.75, 3.05) is 18.6 Å². The number of benzene rings is 1. The summed E-state index contributed by atoms with van der Waals surface area (Å²) in [7, 11) is 1.77. The summed E-state index contributed by atoms with van der Waals surface area (Å²) < 4.78 is 0. The number of carbonyl (C=O) groups excluding carboxylic acids is 1. The van der Waals surface area contributed by atoms with Crippen LogP contribution in [0.4, 0.5) is 5.69 Å². The Morgan fingerprint density at radius 2 is 2.06 bits per heavy atom. The number of anilines is 1. The van der Waals surface area contributed by atoms with Crippen LogP contribution in [-0.2, 0) is 4.79 Å². The highest BCUT2D eigenvalue weighted by atomic mass is 16.2. The molecule has 0 N–H and O–H groups in total. The third-order valence-electron chi connectivity index (χ3n) is 2.93. The van der Waals surface area contributed by atoms with E-state index in [1.165, 1.54) is 5.56 Å². The van der Waals surface area contributed by atoms with Gasteiger partial charge in [0.05, 0.1) is 5.69 Å². The van der Waals surface area contributed by atoms with Gasteiger partial charge in [-0.15, -0.1) is 0 Å². The van der Waals surface area contributed by atoms with E-state index in [2.05, 4.69) is 10.3 Å². The number of amides is 1. The molecule has 1 atom stereocenters. The molecule has 5 heteroatoms. The fraction of sp³-hybridized carbons (Fsp3) is 0.417. The zero-order chi connectivity index (χ0) is 12.4. The molecule has 0 saturated heterocycles. The predicted molar refractivity (Wildman–Crippen MR) is 65.6 cm³/mol. The standard InChI is InChI=1S/C12H16N4O/c1-9-4-6-11(7-5-9)16-12(8-13-14-16)15(3)10(2)17/h4-7,12H,8H2,1-3H3. The van der Waals surface area contributed by atoms with Crippen LogP contribution in [0.25, 0.3) is 0 Å². The van der Waals surface area contributed by atoms with Crippen molar-refractivity contribution >= 4 is 11.6 Å². The highest BCUT2D eigenvalue weighted by Crippen LogP contribution is 2.23. The maximum atomic E-state index is 11.4. The van der Waals surface area contributed by atoms with E-state index in [0.717, 1.165) is 5.69 Å². The van der Waals surface area contributed by atoms with Gasteiger partial charge in [-0.2, -0.15) is 5.11 Å². The molecule has 1 aliphatic rings. The van der Waals surface area contributed by atoms with E-state index < -0.39 is 0 Å². The van der Waals surface area contributed by atoms with Gasteiger partial charge in [-0.1, -0.05) is 22.9 Å². The lowest BCUT2D eigenvalue weighted by atomic mass is 10.2. The lowest BCUT2D eigenvalue weighted by Crippen LogP contribution is -2.45. The fourth-order valence-corrected chi connectivity index (χ4v) is 1.73. The zero-order valence-electron chi connectivity index (χ0n) is 10.3. The number of carbonyl (C=O) groups is 1. The summed E-state index contributed by atoms with van der Waals surface area (Å²) in [4.78, 5) is 13.0. The molecule has 0 radical (unpaired) electrons. The average molecular weight is 232 g/mol. The number of rotatable bonds is 2. The SMILES string of the molecule is CC(=O)N(C)C1CN=NN1c1ccc(C)cc1. The molecule has 90 valence electrons. The van der Waals surface area contributed by atoms with Crippen LogP contribution >= 0.6 is 0 Å². The van der Waals surface area contributed by atoms with E-state index in [-0.39, 0.29) is 12.1 Å². The first-order chi connectivity index (χ1) is 8.09. The Kier molecular flexibility index (Phi) is 3.08. The third kappa shape index (κ3) is 2.27. The van der Waals surface area contributed by atoms with Gasteiger partial charge in [0.25, 0.3) is 0 Å². The Morgan fingerprint density at radius 1 is 1.41 bits per heavy atom. The van der Waals surface area contributed by atoms with Crippen LogP contribution in [0.3, 0.4) is 0 Å². The minimum absolute atomic E-state index is 0.0133. The van der Waals surface area contributed by atoms with Gasteiger partial charge in [0, 0.05) is 14.0 Å². The highest BCUT2D eigenvalue weighted by molar-refractivity contribution is 5.73. The first-order valence-corrected chi connectivity index (χ1v) is 5.56. The smallest absolute Gasteiger partial charge is 0.220 e. The zero-order valence-corrected chi connectivity index (χ0v) is 10.3. The molecule has 2 rings (SSSR count). The fourth-order valence-electron chi connectivity index (χ4n) is 1.73. The topological polar surface area (TPSA) is 48.3 Å². The molecule has 1 aromatic rings. The molecule has 0 aliphatic carbocycles. The van der Waals surface area contributed by atoms with Crippen molar-refractivity contribution < 1.29 is 4.79 Å². The van der Waals surface area contributed by atoms with Crippen LogP contribution in [0.15, 0.2) is 34.6 Å². The molecule has 5 nitrogen and oxygen atoms in total. The Hall–Kier alpha value is -1.91. The molecule has 1 amide bonds. The molecule has 0 spiro atoms. The van der Waals surface area contributed by atoms with Crippen molar-refractivity contribution in [2.24, 2.45) is 10.3 Å². The molecular weight excluding hydrogens is 216 g/mol. The Morgan fingerprint density at radius 3 is 2.65 bits per heavy atom. The summed E-state index contributed by atoms with van der Waals surface area (Å²) in [5, 5.41) is 9.87. The van der Waals surface area contributed by atoms with E-state index in [0.29, 0.717) is 6.54 Å². The van der Waals surface area contributed by atoms with Gasteiger partial charge in [-0.05, 0) is 19.1 Å². The summed E-state index contributed by atoms with van der Waals surface area (Å²) in [6.07, 6.45) is -0.116. The Bertz CT molecular complexity index is 440. The molecule has 1 aliphatic heterocycles. The second kappa shape index (κ2) is 4.53. The first kappa shape index (κ1) is 11.6. The minimum atomic E-state index is -0.116. The molecule has 0 aromatic heterocycles. The minimum Gasteiger partial charge on any atom is -0.322 e. The van der Waals surface area contributed by atoms with Crippen LogP contribution in [0.1, 0.15) is 12.5 Å². The van der Waals surface area contributed by atoms with Crippen LogP contribution in [0.5, 0.6) is 0 Å². The molecule has 1 unspecified atom stereocenters. The molecule has 0 saturated carbocycles. The number of hydrogen-bond acceptors (Lipinski definition) is 4. The third-order valence-corrected chi connectivity index (χ3v) is 2.93. The normalized spacial score (nSPS) is 18.5. The van der Waals surface area contributed by atoms with Crippen molar-refractivity contribution in [3.05, 3.63) is 29.8 Å². The summed E-state index contributed by atoms with van der Waals surface area (Å²) in [6, 6.07) is 8.02. The largest absolute Gasteiger partial charge is 0.322 e. The number of nitrogens with zero attached hydrogens (tertiary/aromatic N) is 4. The Balaban J connectivity index is 2.22. The van der Waals surface area contributed by atoms with Gasteiger partial charge in [-0.3, -0.25) is 4.79 Å². The number of likely N-dealkylation sites (N-methyl/N-ethyl adjacent to an activating group) is 1. The summed E-state index contributed by atoms with van der Waals surface area (Å²) in [5.41, 5.74) is 2.15. The van der Waals surface area contributed by atoms with E-state index >= 15 is 0 Å². The molecule has 17 heavy (non-hydrogen) atoms. The highest BCUT2D eigenvalue weighted by Gasteiger charge is 2.28. The van der Waals surface area contributed by atoms with Gasteiger partial charge >= 0.3 is 0 Å². The Labute approximate surface area is 101 Å². The van der Waals surface area contributed by atoms with Crippen molar-refractivity contribution in [1.82, 2.24) is 4.90 Å². The molecule has 1 aromatic carbocycles. The van der Waals surface area contributed by atoms with Gasteiger partial charge in [0.1, 0.15) is 12.7 Å². The maximum absolute atomic E-state index is 11.4. The quantitative estimate of drug-likeness (QED) is 0.782. The van der Waals surface area contributed by atoms with E-state index in [4.69, 9.17) is 0 Å². The maximum Gasteiger partial charge on any atom is 0.220 e. The number of hydrogen-bond donors (Lipinski definition) is 0. The van der Waals surface area contributed by atoms with Gasteiger partial charge in [-0.25, -0.2) is 5.01 Å². The lowest BCUT2D eigenvalue weighted by Gasteiger charge is -2.29. The average Bonchev–Trinajstić information content (AvgIpc) is 2.77. The summed E-state index contributed by atoms with van der Waals surface area (Å²) >= 11 is 0.